The van der Waals surface area contributed by atoms with Crippen molar-refractivity contribution >= 4 is 35.1 Å². The number of aromatic nitrogens is 1. The third kappa shape index (κ3) is 1.96. The SMILES string of the molecule is O=C(O)c1ccc(N2C(=O)c3ccncc3C2=O)cc1Cl. The summed E-state index contributed by atoms with van der Waals surface area (Å²) in [5, 5.41) is 8.88. The molecule has 2 amide bonds. The van der Waals surface area contributed by atoms with E-state index in [4.69, 9.17) is 16.7 Å². The maximum Gasteiger partial charge on any atom is 0.337 e. The predicted octanol–water partition coefficient (Wildman–Crippen LogP) is 2.23. The van der Waals surface area contributed by atoms with Gasteiger partial charge in [0.1, 0.15) is 0 Å². The summed E-state index contributed by atoms with van der Waals surface area (Å²) in [6, 6.07) is 5.36. The summed E-state index contributed by atoms with van der Waals surface area (Å²) in [5.41, 5.74) is 0.587. The van der Waals surface area contributed by atoms with Crippen LogP contribution in [0.3, 0.4) is 0 Å². The number of pyridine rings is 1. The van der Waals surface area contributed by atoms with Crippen molar-refractivity contribution in [1.29, 1.82) is 0 Å². The zero-order valence-electron chi connectivity index (χ0n) is 10.4. The first kappa shape index (κ1) is 13.3. The van der Waals surface area contributed by atoms with Gasteiger partial charge in [-0.1, -0.05) is 11.6 Å². The van der Waals surface area contributed by atoms with Gasteiger partial charge < -0.3 is 5.11 Å². The number of carboxylic acid groups (broad SMARTS) is 1. The van der Waals surface area contributed by atoms with E-state index in [1.807, 2.05) is 0 Å². The van der Waals surface area contributed by atoms with Gasteiger partial charge >= 0.3 is 5.97 Å². The third-order valence-electron chi connectivity index (χ3n) is 3.13. The van der Waals surface area contributed by atoms with E-state index in [-0.39, 0.29) is 27.4 Å². The lowest BCUT2D eigenvalue weighted by Crippen LogP contribution is -2.29. The minimum atomic E-state index is -1.18. The molecular weight excluding hydrogens is 296 g/mol. The Morgan fingerprint density at radius 1 is 1.14 bits per heavy atom. The molecule has 6 nitrogen and oxygen atoms in total. The van der Waals surface area contributed by atoms with E-state index in [1.54, 1.807) is 0 Å². The standard InChI is InChI=1S/C14H7ClN2O4/c15-11-5-7(1-2-9(11)14(20)21)17-12(18)8-3-4-16-6-10(8)13(17)19/h1-6H,(H,20,21). The normalized spacial score (nSPS) is 13.5. The molecule has 0 fully saturated rings. The van der Waals surface area contributed by atoms with Gasteiger partial charge in [0.05, 0.1) is 27.4 Å². The summed E-state index contributed by atoms with van der Waals surface area (Å²) in [7, 11) is 0. The average Bonchev–Trinajstić information content (AvgIpc) is 2.71. The van der Waals surface area contributed by atoms with Gasteiger partial charge in [-0.15, -0.1) is 0 Å². The quantitative estimate of drug-likeness (QED) is 0.860. The van der Waals surface area contributed by atoms with E-state index in [2.05, 4.69) is 4.98 Å². The fourth-order valence-corrected chi connectivity index (χ4v) is 2.39. The average molecular weight is 303 g/mol. The molecule has 1 aliphatic rings. The molecule has 1 N–H and O–H groups in total. The zero-order valence-corrected chi connectivity index (χ0v) is 11.2. The first-order valence-corrected chi connectivity index (χ1v) is 6.24. The molecule has 1 aliphatic heterocycles. The fraction of sp³-hybridized carbons (Fsp3) is 0. The number of amides is 2. The Bertz CT molecular complexity index is 768. The highest BCUT2D eigenvalue weighted by atomic mass is 35.5. The largest absolute Gasteiger partial charge is 0.478 e. The van der Waals surface area contributed by atoms with Crippen molar-refractivity contribution in [3.8, 4) is 0 Å². The number of halogens is 1. The number of aromatic carboxylic acids is 1. The second kappa shape index (κ2) is 4.68. The van der Waals surface area contributed by atoms with Crippen molar-refractivity contribution in [2.24, 2.45) is 0 Å². The predicted molar refractivity (Wildman–Crippen MR) is 73.8 cm³/mol. The van der Waals surface area contributed by atoms with Crippen molar-refractivity contribution in [2.75, 3.05) is 4.90 Å². The van der Waals surface area contributed by atoms with Crippen LogP contribution in [0.4, 0.5) is 5.69 Å². The van der Waals surface area contributed by atoms with Crippen LogP contribution in [0.1, 0.15) is 31.1 Å². The summed E-state index contributed by atoms with van der Waals surface area (Å²) in [6.07, 6.45) is 2.75. The zero-order chi connectivity index (χ0) is 15.1. The molecule has 0 atom stereocenters. The monoisotopic (exact) mass is 302 g/mol. The summed E-state index contributed by atoms with van der Waals surface area (Å²) in [4.78, 5) is 40.2. The minimum Gasteiger partial charge on any atom is -0.478 e. The number of rotatable bonds is 2. The topological polar surface area (TPSA) is 87.6 Å². The van der Waals surface area contributed by atoms with Gasteiger partial charge in [-0.25, -0.2) is 9.69 Å². The van der Waals surface area contributed by atoms with Gasteiger partial charge in [-0.05, 0) is 24.3 Å². The molecular formula is C14H7ClN2O4. The van der Waals surface area contributed by atoms with Gasteiger partial charge in [-0.2, -0.15) is 0 Å². The number of benzene rings is 1. The van der Waals surface area contributed by atoms with Crippen molar-refractivity contribution in [2.45, 2.75) is 0 Å². The molecule has 104 valence electrons. The van der Waals surface area contributed by atoms with Crippen LogP contribution in [0, 0.1) is 0 Å². The van der Waals surface area contributed by atoms with Gasteiger partial charge in [0, 0.05) is 12.4 Å². The molecule has 0 aliphatic carbocycles. The summed E-state index contributed by atoms with van der Waals surface area (Å²) >= 11 is 5.87. The van der Waals surface area contributed by atoms with Crippen LogP contribution in [0.5, 0.6) is 0 Å². The van der Waals surface area contributed by atoms with E-state index in [1.165, 1.54) is 36.7 Å². The molecule has 0 saturated heterocycles. The molecule has 0 spiro atoms. The Balaban J connectivity index is 2.07. The van der Waals surface area contributed by atoms with Gasteiger partial charge in [-0.3, -0.25) is 14.6 Å². The minimum absolute atomic E-state index is 0.0466. The van der Waals surface area contributed by atoms with Gasteiger partial charge in [0.25, 0.3) is 11.8 Å². The van der Waals surface area contributed by atoms with Crippen LogP contribution in [0.25, 0.3) is 0 Å². The number of imide groups is 1. The molecule has 1 aromatic heterocycles. The third-order valence-corrected chi connectivity index (χ3v) is 3.44. The van der Waals surface area contributed by atoms with E-state index < -0.39 is 17.8 Å². The van der Waals surface area contributed by atoms with Crippen LogP contribution in [-0.4, -0.2) is 27.9 Å². The Morgan fingerprint density at radius 3 is 2.48 bits per heavy atom. The molecule has 0 unspecified atom stereocenters. The lowest BCUT2D eigenvalue weighted by Gasteiger charge is -2.14. The van der Waals surface area contributed by atoms with Crippen LogP contribution in [0.2, 0.25) is 5.02 Å². The second-order valence-corrected chi connectivity index (χ2v) is 4.74. The maximum absolute atomic E-state index is 12.3. The van der Waals surface area contributed by atoms with Crippen molar-refractivity contribution in [3.63, 3.8) is 0 Å². The first-order valence-electron chi connectivity index (χ1n) is 5.86. The van der Waals surface area contributed by atoms with E-state index in [9.17, 15) is 14.4 Å². The number of carbonyl (C=O) groups is 3. The van der Waals surface area contributed by atoms with Crippen LogP contribution >= 0.6 is 11.6 Å². The number of carbonyl (C=O) groups excluding carboxylic acids is 2. The Morgan fingerprint density at radius 2 is 1.86 bits per heavy atom. The van der Waals surface area contributed by atoms with E-state index >= 15 is 0 Å². The summed E-state index contributed by atoms with van der Waals surface area (Å²) < 4.78 is 0. The number of fused-ring (bicyclic) bond motifs is 1. The second-order valence-electron chi connectivity index (χ2n) is 4.34. The molecule has 7 heteroatoms. The molecule has 0 bridgehead atoms. The molecule has 2 heterocycles. The Hall–Kier alpha value is -2.73. The Kier molecular flexibility index (Phi) is 2.95. The highest BCUT2D eigenvalue weighted by Crippen LogP contribution is 2.30. The van der Waals surface area contributed by atoms with Gasteiger partial charge in [0.2, 0.25) is 0 Å². The van der Waals surface area contributed by atoms with Crippen LogP contribution in [0.15, 0.2) is 36.7 Å². The first-order chi connectivity index (χ1) is 10.0. The number of hydrogen-bond donors (Lipinski definition) is 1. The number of anilines is 1. The van der Waals surface area contributed by atoms with Crippen LogP contribution < -0.4 is 4.90 Å². The molecule has 1 aromatic carbocycles. The fourth-order valence-electron chi connectivity index (χ4n) is 2.14. The number of carboxylic acids is 1. The molecule has 2 aromatic rings. The van der Waals surface area contributed by atoms with Crippen molar-refractivity contribution in [3.05, 3.63) is 58.4 Å². The smallest absolute Gasteiger partial charge is 0.337 e. The Labute approximate surface area is 123 Å². The highest BCUT2D eigenvalue weighted by Gasteiger charge is 2.37. The number of nitrogens with zero attached hydrogens (tertiary/aromatic N) is 2. The molecule has 3 rings (SSSR count). The lowest BCUT2D eigenvalue weighted by molar-refractivity contribution is 0.0696. The van der Waals surface area contributed by atoms with E-state index in [0.717, 1.165) is 4.90 Å². The molecule has 21 heavy (non-hydrogen) atoms. The highest BCUT2D eigenvalue weighted by molar-refractivity contribution is 6.36. The molecule has 0 saturated carbocycles. The van der Waals surface area contributed by atoms with Crippen molar-refractivity contribution in [1.82, 2.24) is 4.98 Å². The van der Waals surface area contributed by atoms with Gasteiger partial charge in [0.15, 0.2) is 0 Å². The number of hydrogen-bond acceptors (Lipinski definition) is 4. The van der Waals surface area contributed by atoms with Crippen molar-refractivity contribution < 1.29 is 19.5 Å². The maximum atomic E-state index is 12.3. The summed E-state index contributed by atoms with van der Waals surface area (Å²) in [6.45, 7) is 0. The van der Waals surface area contributed by atoms with Crippen LogP contribution in [-0.2, 0) is 0 Å². The summed E-state index contributed by atoms with van der Waals surface area (Å²) in [5.74, 6) is -2.18. The molecule has 0 radical (unpaired) electrons. The lowest BCUT2D eigenvalue weighted by atomic mass is 10.2. The van der Waals surface area contributed by atoms with E-state index in [0.29, 0.717) is 0 Å².